The lowest BCUT2D eigenvalue weighted by atomic mass is 10.1. The van der Waals surface area contributed by atoms with Crippen molar-refractivity contribution in [1.82, 2.24) is 5.43 Å². The Labute approximate surface area is 164 Å². The van der Waals surface area contributed by atoms with Gasteiger partial charge >= 0.3 is 0 Å². The molecule has 0 atom stereocenters. The maximum atomic E-state index is 11.9. The monoisotopic (exact) mass is 428 g/mol. The van der Waals surface area contributed by atoms with Crippen molar-refractivity contribution in [2.75, 3.05) is 13.7 Å². The van der Waals surface area contributed by atoms with Crippen molar-refractivity contribution in [3.05, 3.63) is 64.6 Å². The summed E-state index contributed by atoms with van der Waals surface area (Å²) in [5.74, 6) is 0.590. The molecule has 0 heterocycles. The summed E-state index contributed by atoms with van der Waals surface area (Å²) < 4.78 is 11.5. The van der Waals surface area contributed by atoms with E-state index in [2.05, 4.69) is 26.5 Å². The van der Waals surface area contributed by atoms with Gasteiger partial charge in [-0.3, -0.25) is 4.79 Å². The number of aromatic hydroxyl groups is 1. The molecule has 3 rings (SSSR count). The van der Waals surface area contributed by atoms with Crippen LogP contribution in [0.1, 0.15) is 5.56 Å². The van der Waals surface area contributed by atoms with Crippen LogP contribution in [0.4, 0.5) is 0 Å². The van der Waals surface area contributed by atoms with Gasteiger partial charge in [-0.15, -0.1) is 0 Å². The highest BCUT2D eigenvalue weighted by Gasteiger charge is 2.04. The smallest absolute Gasteiger partial charge is 0.277 e. The number of nitrogens with zero attached hydrogens (tertiary/aromatic N) is 1. The number of amides is 1. The van der Waals surface area contributed by atoms with Crippen molar-refractivity contribution in [3.8, 4) is 17.2 Å². The zero-order valence-corrected chi connectivity index (χ0v) is 16.1. The molecule has 0 aromatic heterocycles. The molecule has 0 radical (unpaired) electrons. The number of hydrogen-bond donors (Lipinski definition) is 2. The Kier molecular flexibility index (Phi) is 5.93. The predicted molar refractivity (Wildman–Crippen MR) is 108 cm³/mol. The summed E-state index contributed by atoms with van der Waals surface area (Å²) in [7, 11) is 1.46. The number of phenols is 1. The van der Waals surface area contributed by atoms with E-state index < -0.39 is 0 Å². The van der Waals surface area contributed by atoms with Crippen molar-refractivity contribution in [2.24, 2.45) is 5.10 Å². The van der Waals surface area contributed by atoms with Gasteiger partial charge in [-0.25, -0.2) is 5.43 Å². The second kappa shape index (κ2) is 8.55. The molecule has 0 saturated carbocycles. The van der Waals surface area contributed by atoms with Gasteiger partial charge in [0.1, 0.15) is 5.75 Å². The fourth-order valence-corrected chi connectivity index (χ4v) is 2.80. The zero-order chi connectivity index (χ0) is 19.2. The topological polar surface area (TPSA) is 80.2 Å². The second-order valence-electron chi connectivity index (χ2n) is 5.67. The van der Waals surface area contributed by atoms with Crippen LogP contribution in [0.15, 0.2) is 64.2 Å². The Bertz CT molecular complexity index is 1000. The van der Waals surface area contributed by atoms with E-state index in [0.717, 1.165) is 15.2 Å². The van der Waals surface area contributed by atoms with Gasteiger partial charge in [0.15, 0.2) is 18.1 Å². The standard InChI is InChI=1S/C20H17BrN2O4/c1-26-19-8-13(2-7-18(19)24)11-22-23-20(25)12-27-17-6-4-14-9-16(21)5-3-15(14)10-17/h2-11,24H,12H2,1H3,(H,23,25)/b22-11+. The maximum Gasteiger partial charge on any atom is 0.277 e. The second-order valence-corrected chi connectivity index (χ2v) is 6.58. The van der Waals surface area contributed by atoms with Gasteiger partial charge in [-0.2, -0.15) is 5.10 Å². The average Bonchev–Trinajstić information content (AvgIpc) is 2.67. The number of halogens is 1. The van der Waals surface area contributed by atoms with Crippen LogP contribution in [-0.2, 0) is 4.79 Å². The van der Waals surface area contributed by atoms with Crippen molar-refractivity contribution in [1.29, 1.82) is 0 Å². The summed E-state index contributed by atoms with van der Waals surface area (Å²) in [6, 6.07) is 16.3. The van der Waals surface area contributed by atoms with E-state index in [1.54, 1.807) is 12.1 Å². The number of carbonyl (C=O) groups excluding carboxylic acids is 1. The van der Waals surface area contributed by atoms with Crippen LogP contribution in [0.3, 0.4) is 0 Å². The molecule has 6 nitrogen and oxygen atoms in total. The molecular weight excluding hydrogens is 412 g/mol. The third-order valence-corrected chi connectivity index (χ3v) is 4.24. The number of benzene rings is 3. The van der Waals surface area contributed by atoms with E-state index in [4.69, 9.17) is 9.47 Å². The number of rotatable bonds is 6. The summed E-state index contributed by atoms with van der Waals surface area (Å²) in [5.41, 5.74) is 3.07. The average molecular weight is 429 g/mol. The zero-order valence-electron chi connectivity index (χ0n) is 14.5. The molecule has 7 heteroatoms. The minimum Gasteiger partial charge on any atom is -0.504 e. The molecule has 0 bridgehead atoms. The Morgan fingerprint density at radius 1 is 1.15 bits per heavy atom. The number of hydrazone groups is 1. The number of fused-ring (bicyclic) bond motifs is 1. The van der Waals surface area contributed by atoms with Crippen molar-refractivity contribution in [2.45, 2.75) is 0 Å². The first-order chi connectivity index (χ1) is 13.0. The highest BCUT2D eigenvalue weighted by molar-refractivity contribution is 9.10. The summed E-state index contributed by atoms with van der Waals surface area (Å²) >= 11 is 3.44. The minimum atomic E-state index is -0.382. The van der Waals surface area contributed by atoms with E-state index in [0.29, 0.717) is 17.1 Å². The molecular formula is C20H17BrN2O4. The van der Waals surface area contributed by atoms with Gasteiger partial charge in [-0.05, 0) is 58.8 Å². The van der Waals surface area contributed by atoms with Gasteiger partial charge in [-0.1, -0.05) is 28.1 Å². The van der Waals surface area contributed by atoms with Crippen molar-refractivity contribution < 1.29 is 19.4 Å². The third-order valence-electron chi connectivity index (χ3n) is 3.75. The molecule has 3 aromatic carbocycles. The Hall–Kier alpha value is -3.06. The molecule has 0 saturated heterocycles. The Morgan fingerprint density at radius 2 is 1.93 bits per heavy atom. The van der Waals surface area contributed by atoms with E-state index in [-0.39, 0.29) is 18.3 Å². The van der Waals surface area contributed by atoms with Gasteiger partial charge in [0.05, 0.1) is 13.3 Å². The molecule has 1 amide bonds. The number of phenolic OH excluding ortho intramolecular Hbond substituents is 1. The van der Waals surface area contributed by atoms with Crippen molar-refractivity contribution >= 4 is 38.8 Å². The first kappa shape index (κ1) is 18.7. The lowest BCUT2D eigenvalue weighted by Gasteiger charge is -2.07. The summed E-state index contributed by atoms with van der Waals surface area (Å²) in [4.78, 5) is 11.9. The summed E-state index contributed by atoms with van der Waals surface area (Å²) in [5, 5.41) is 15.5. The molecule has 2 N–H and O–H groups in total. The lowest BCUT2D eigenvalue weighted by Crippen LogP contribution is -2.24. The first-order valence-electron chi connectivity index (χ1n) is 8.06. The predicted octanol–water partition coefficient (Wildman–Crippen LogP) is 3.85. The number of hydrogen-bond acceptors (Lipinski definition) is 5. The number of methoxy groups -OCH3 is 1. The van der Waals surface area contributed by atoms with Crippen LogP contribution in [0.25, 0.3) is 10.8 Å². The van der Waals surface area contributed by atoms with Crippen LogP contribution >= 0.6 is 15.9 Å². The van der Waals surface area contributed by atoms with Crippen LogP contribution in [0.2, 0.25) is 0 Å². The molecule has 27 heavy (non-hydrogen) atoms. The molecule has 0 unspecified atom stereocenters. The molecule has 0 fully saturated rings. The highest BCUT2D eigenvalue weighted by Crippen LogP contribution is 2.25. The van der Waals surface area contributed by atoms with Crippen molar-refractivity contribution in [3.63, 3.8) is 0 Å². The fraction of sp³-hybridized carbons (Fsp3) is 0.100. The Balaban J connectivity index is 1.54. The number of nitrogens with one attached hydrogen (secondary N) is 1. The lowest BCUT2D eigenvalue weighted by molar-refractivity contribution is -0.123. The number of ether oxygens (including phenoxy) is 2. The van der Waals surface area contributed by atoms with E-state index >= 15 is 0 Å². The van der Waals surface area contributed by atoms with Crippen LogP contribution < -0.4 is 14.9 Å². The highest BCUT2D eigenvalue weighted by atomic mass is 79.9. The molecule has 3 aromatic rings. The molecule has 0 aliphatic carbocycles. The maximum absolute atomic E-state index is 11.9. The molecule has 0 spiro atoms. The normalized spacial score (nSPS) is 10.9. The largest absolute Gasteiger partial charge is 0.504 e. The van der Waals surface area contributed by atoms with E-state index in [9.17, 15) is 9.90 Å². The molecule has 0 aliphatic rings. The van der Waals surface area contributed by atoms with Crippen LogP contribution in [0, 0.1) is 0 Å². The van der Waals surface area contributed by atoms with Gasteiger partial charge in [0, 0.05) is 4.47 Å². The van der Waals surface area contributed by atoms with Gasteiger partial charge in [0.2, 0.25) is 0 Å². The van der Waals surface area contributed by atoms with Gasteiger partial charge < -0.3 is 14.6 Å². The molecule has 0 aliphatic heterocycles. The third kappa shape index (κ3) is 4.98. The quantitative estimate of drug-likeness (QED) is 0.461. The van der Waals surface area contributed by atoms with Crippen LogP contribution in [0.5, 0.6) is 17.2 Å². The van der Waals surface area contributed by atoms with E-state index in [1.807, 2.05) is 36.4 Å². The minimum absolute atomic E-state index is 0.0369. The first-order valence-corrected chi connectivity index (χ1v) is 8.85. The summed E-state index contributed by atoms with van der Waals surface area (Å²) in [6.07, 6.45) is 1.45. The summed E-state index contributed by atoms with van der Waals surface area (Å²) in [6.45, 7) is -0.154. The van der Waals surface area contributed by atoms with E-state index in [1.165, 1.54) is 19.4 Å². The van der Waals surface area contributed by atoms with Gasteiger partial charge in [0.25, 0.3) is 5.91 Å². The Morgan fingerprint density at radius 3 is 2.74 bits per heavy atom. The fourth-order valence-electron chi connectivity index (χ4n) is 2.42. The SMILES string of the molecule is COc1cc(/C=N/NC(=O)COc2ccc3cc(Br)ccc3c2)ccc1O. The van der Waals surface area contributed by atoms with Crippen LogP contribution in [-0.4, -0.2) is 30.9 Å². The number of carbonyl (C=O) groups is 1. The molecule has 138 valence electrons.